The maximum atomic E-state index is 11.1. The number of carboxylic acid groups (broad SMARTS) is 1. The number of carbonyl (C=O) groups is 1. The average Bonchev–Trinajstić information content (AvgIpc) is 2.62. The molecule has 1 aromatic heterocycles. The Morgan fingerprint density at radius 2 is 2.28 bits per heavy atom. The monoisotopic (exact) mass is 263 g/mol. The molecule has 3 nitrogen and oxygen atoms in total. The van der Waals surface area contributed by atoms with Crippen LogP contribution in [0.4, 0.5) is 0 Å². The molecule has 0 bridgehead atoms. The van der Waals surface area contributed by atoms with Gasteiger partial charge in [-0.3, -0.25) is 4.79 Å². The summed E-state index contributed by atoms with van der Waals surface area (Å²) in [4.78, 5) is 11.1. The third-order valence-electron chi connectivity index (χ3n) is 3.93. The van der Waals surface area contributed by atoms with Gasteiger partial charge < -0.3 is 9.67 Å². The molecule has 0 saturated carbocycles. The number of aliphatic carboxylic acids is 1. The van der Waals surface area contributed by atoms with Crippen LogP contribution in [0.25, 0.3) is 10.9 Å². The number of aromatic nitrogens is 1. The molecular formula is C14H14ClNO2. The normalized spacial score (nSPS) is 18.9. The highest BCUT2D eigenvalue weighted by molar-refractivity contribution is 6.31. The van der Waals surface area contributed by atoms with Crippen molar-refractivity contribution in [3.05, 3.63) is 34.5 Å². The lowest BCUT2D eigenvalue weighted by molar-refractivity contribution is -0.142. The summed E-state index contributed by atoms with van der Waals surface area (Å²) in [5.74, 6) is -0.957. The van der Waals surface area contributed by atoms with E-state index >= 15 is 0 Å². The van der Waals surface area contributed by atoms with E-state index in [0.717, 1.165) is 29.3 Å². The van der Waals surface area contributed by atoms with Crippen LogP contribution in [-0.2, 0) is 24.7 Å². The van der Waals surface area contributed by atoms with Gasteiger partial charge >= 0.3 is 5.97 Å². The van der Waals surface area contributed by atoms with E-state index in [1.54, 1.807) is 0 Å². The number of hydrogen-bond acceptors (Lipinski definition) is 1. The Labute approximate surface area is 110 Å². The topological polar surface area (TPSA) is 42.2 Å². The number of rotatable bonds is 1. The van der Waals surface area contributed by atoms with Crippen molar-refractivity contribution in [3.63, 3.8) is 0 Å². The standard InChI is InChI=1S/C14H14ClNO2/c1-16-12-4-2-8(14(17)18)6-10(12)11-7-9(15)3-5-13(11)16/h3,5,7-8H,2,4,6H2,1H3,(H,17,18)/t8-/m0/s1. The zero-order valence-corrected chi connectivity index (χ0v) is 10.9. The minimum atomic E-state index is -0.695. The molecule has 1 heterocycles. The van der Waals surface area contributed by atoms with Gasteiger partial charge in [0, 0.05) is 28.7 Å². The number of benzene rings is 1. The number of carboxylic acids is 1. The molecule has 3 rings (SSSR count). The predicted octanol–water partition coefficient (Wildman–Crippen LogP) is 3.02. The molecule has 0 amide bonds. The molecule has 0 aliphatic heterocycles. The van der Waals surface area contributed by atoms with Crippen molar-refractivity contribution in [1.82, 2.24) is 4.57 Å². The van der Waals surface area contributed by atoms with Crippen LogP contribution >= 0.6 is 11.6 Å². The minimum absolute atomic E-state index is 0.262. The van der Waals surface area contributed by atoms with E-state index in [1.807, 2.05) is 25.2 Å². The summed E-state index contributed by atoms with van der Waals surface area (Å²) in [5.41, 5.74) is 3.55. The Morgan fingerprint density at radius 3 is 3.00 bits per heavy atom. The van der Waals surface area contributed by atoms with Gasteiger partial charge in [0.1, 0.15) is 0 Å². The number of nitrogens with zero attached hydrogens (tertiary/aromatic N) is 1. The lowest BCUT2D eigenvalue weighted by Crippen LogP contribution is -2.22. The molecule has 4 heteroatoms. The van der Waals surface area contributed by atoms with Crippen LogP contribution in [-0.4, -0.2) is 15.6 Å². The summed E-state index contributed by atoms with van der Waals surface area (Å²) in [7, 11) is 2.04. The summed E-state index contributed by atoms with van der Waals surface area (Å²) in [6.45, 7) is 0. The van der Waals surface area contributed by atoms with Crippen LogP contribution in [0.2, 0.25) is 5.02 Å². The number of hydrogen-bond donors (Lipinski definition) is 1. The fraction of sp³-hybridized carbons (Fsp3) is 0.357. The lowest BCUT2D eigenvalue weighted by atomic mass is 9.86. The first-order valence-corrected chi connectivity index (χ1v) is 6.44. The molecule has 0 unspecified atom stereocenters. The van der Waals surface area contributed by atoms with Crippen molar-refractivity contribution >= 4 is 28.5 Å². The van der Waals surface area contributed by atoms with Gasteiger partial charge in [0.25, 0.3) is 0 Å². The smallest absolute Gasteiger partial charge is 0.306 e. The van der Waals surface area contributed by atoms with Crippen molar-refractivity contribution in [1.29, 1.82) is 0 Å². The summed E-state index contributed by atoms with van der Waals surface area (Å²) in [6, 6.07) is 5.83. The summed E-state index contributed by atoms with van der Waals surface area (Å²) >= 11 is 6.04. The largest absolute Gasteiger partial charge is 0.481 e. The van der Waals surface area contributed by atoms with Crippen molar-refractivity contribution in [3.8, 4) is 0 Å². The third kappa shape index (κ3) is 1.62. The zero-order valence-electron chi connectivity index (χ0n) is 10.1. The van der Waals surface area contributed by atoms with Gasteiger partial charge in [0.15, 0.2) is 0 Å². The van der Waals surface area contributed by atoms with Crippen LogP contribution < -0.4 is 0 Å². The molecule has 0 fully saturated rings. The van der Waals surface area contributed by atoms with E-state index in [4.69, 9.17) is 16.7 Å². The van der Waals surface area contributed by atoms with Crippen molar-refractivity contribution in [2.75, 3.05) is 0 Å². The second kappa shape index (κ2) is 4.02. The fourth-order valence-electron chi connectivity index (χ4n) is 2.96. The van der Waals surface area contributed by atoms with Gasteiger partial charge in [0.05, 0.1) is 5.92 Å². The van der Waals surface area contributed by atoms with E-state index in [1.165, 1.54) is 5.69 Å². The summed E-state index contributed by atoms with van der Waals surface area (Å²) in [6.07, 6.45) is 2.16. The third-order valence-corrected chi connectivity index (χ3v) is 4.16. The molecule has 0 radical (unpaired) electrons. The Morgan fingerprint density at radius 1 is 1.50 bits per heavy atom. The van der Waals surface area contributed by atoms with E-state index in [0.29, 0.717) is 11.4 Å². The van der Waals surface area contributed by atoms with Crippen molar-refractivity contribution in [2.24, 2.45) is 13.0 Å². The predicted molar refractivity (Wildman–Crippen MR) is 71.1 cm³/mol. The lowest BCUT2D eigenvalue weighted by Gasteiger charge is -2.19. The van der Waals surface area contributed by atoms with Crippen LogP contribution in [0.15, 0.2) is 18.2 Å². The Hall–Kier alpha value is -1.48. The summed E-state index contributed by atoms with van der Waals surface area (Å²) < 4.78 is 2.17. The first-order valence-electron chi connectivity index (χ1n) is 6.06. The molecule has 1 aromatic carbocycles. The van der Waals surface area contributed by atoms with Gasteiger partial charge in [-0.1, -0.05) is 11.6 Å². The quantitative estimate of drug-likeness (QED) is 0.859. The highest BCUT2D eigenvalue weighted by Gasteiger charge is 2.28. The first kappa shape index (κ1) is 11.6. The van der Waals surface area contributed by atoms with E-state index in [2.05, 4.69) is 4.57 Å². The van der Waals surface area contributed by atoms with Crippen molar-refractivity contribution in [2.45, 2.75) is 19.3 Å². The second-order valence-corrected chi connectivity index (χ2v) is 5.36. The van der Waals surface area contributed by atoms with Gasteiger partial charge in [-0.25, -0.2) is 0 Å². The molecule has 18 heavy (non-hydrogen) atoms. The molecule has 1 aliphatic rings. The first-order chi connectivity index (χ1) is 8.58. The second-order valence-electron chi connectivity index (χ2n) is 4.92. The number of fused-ring (bicyclic) bond motifs is 3. The highest BCUT2D eigenvalue weighted by atomic mass is 35.5. The van der Waals surface area contributed by atoms with Crippen molar-refractivity contribution < 1.29 is 9.90 Å². The van der Waals surface area contributed by atoms with Crippen LogP contribution in [0.3, 0.4) is 0 Å². The van der Waals surface area contributed by atoms with Crippen LogP contribution in [0.1, 0.15) is 17.7 Å². The fourth-order valence-corrected chi connectivity index (χ4v) is 3.13. The Bertz CT molecular complexity index is 645. The maximum absolute atomic E-state index is 11.1. The zero-order chi connectivity index (χ0) is 12.9. The maximum Gasteiger partial charge on any atom is 0.306 e. The number of aryl methyl sites for hydroxylation is 1. The Kier molecular flexibility index (Phi) is 2.59. The molecule has 1 aliphatic carbocycles. The van der Waals surface area contributed by atoms with E-state index < -0.39 is 5.97 Å². The molecule has 1 N–H and O–H groups in total. The molecule has 2 aromatic rings. The van der Waals surface area contributed by atoms with Gasteiger partial charge in [-0.2, -0.15) is 0 Å². The molecule has 0 spiro atoms. The minimum Gasteiger partial charge on any atom is -0.481 e. The van der Waals surface area contributed by atoms with E-state index in [9.17, 15) is 4.79 Å². The highest BCUT2D eigenvalue weighted by Crippen LogP contribution is 2.35. The number of halogens is 1. The Balaban J connectivity index is 2.20. The van der Waals surface area contributed by atoms with Crippen LogP contribution in [0, 0.1) is 5.92 Å². The summed E-state index contributed by atoms with van der Waals surface area (Å²) in [5, 5.41) is 11.0. The van der Waals surface area contributed by atoms with Gasteiger partial charge in [-0.15, -0.1) is 0 Å². The SMILES string of the molecule is Cn1c2c(c3cc(Cl)ccc31)C[C@@H](C(=O)O)CC2. The van der Waals surface area contributed by atoms with Gasteiger partial charge in [0.2, 0.25) is 0 Å². The molecule has 1 atom stereocenters. The molecule has 0 saturated heterocycles. The van der Waals surface area contributed by atoms with Gasteiger partial charge in [-0.05, 0) is 43.0 Å². The molecule has 94 valence electrons. The average molecular weight is 264 g/mol. The molecular weight excluding hydrogens is 250 g/mol. The van der Waals surface area contributed by atoms with E-state index in [-0.39, 0.29) is 5.92 Å². The van der Waals surface area contributed by atoms with Crippen LogP contribution in [0.5, 0.6) is 0 Å².